The quantitative estimate of drug-likeness (QED) is 0.741. The molecule has 2 heterocycles. The Morgan fingerprint density at radius 3 is 2.57 bits per heavy atom. The molecule has 1 aromatic carbocycles. The predicted molar refractivity (Wildman–Crippen MR) is 72.9 cm³/mol. The summed E-state index contributed by atoms with van der Waals surface area (Å²) in [4.78, 5) is 40.9. The fourth-order valence-electron chi connectivity index (χ4n) is 2.56. The number of carboxylic acid groups (broad SMARTS) is 1. The van der Waals surface area contributed by atoms with E-state index in [0.717, 1.165) is 11.1 Å². The summed E-state index contributed by atoms with van der Waals surface area (Å²) in [7, 11) is 0. The Hall–Kier alpha value is -2.83. The highest BCUT2D eigenvalue weighted by Gasteiger charge is 2.35. The van der Waals surface area contributed by atoms with Crippen molar-refractivity contribution in [1.29, 1.82) is 0 Å². The van der Waals surface area contributed by atoms with Crippen LogP contribution in [0, 0.1) is 0 Å². The molecule has 108 valence electrons. The maximum Gasteiger partial charge on any atom is 0.326 e. The first-order valence-electron chi connectivity index (χ1n) is 6.44. The van der Waals surface area contributed by atoms with E-state index in [9.17, 15) is 19.5 Å². The average Bonchev–Trinajstić information content (AvgIpc) is 2.91. The number of nitrogens with one attached hydrogen (secondary N) is 2. The Morgan fingerprint density at radius 2 is 1.95 bits per heavy atom. The zero-order valence-corrected chi connectivity index (χ0v) is 11.0. The highest BCUT2D eigenvalue weighted by atomic mass is 16.4. The number of hydrogen-bond donors (Lipinski definition) is 3. The number of carbonyl (C=O) groups excluding carboxylic acids is 1. The van der Waals surface area contributed by atoms with E-state index in [4.69, 9.17) is 0 Å². The number of aliphatic carboxylic acids is 1. The Morgan fingerprint density at radius 1 is 1.24 bits per heavy atom. The fourth-order valence-corrected chi connectivity index (χ4v) is 2.56. The van der Waals surface area contributed by atoms with Crippen LogP contribution in [0.1, 0.15) is 21.6 Å². The number of aromatic nitrogens is 2. The van der Waals surface area contributed by atoms with Crippen molar-refractivity contribution in [2.75, 3.05) is 0 Å². The van der Waals surface area contributed by atoms with Gasteiger partial charge in [0.15, 0.2) is 0 Å². The molecule has 0 spiro atoms. The molecule has 1 aromatic heterocycles. The summed E-state index contributed by atoms with van der Waals surface area (Å²) in [6.45, 7) is 0.208. The number of H-pyrrole nitrogens is 2. The minimum atomic E-state index is -1.06. The van der Waals surface area contributed by atoms with Gasteiger partial charge in [0, 0.05) is 19.2 Å². The number of carboxylic acids is 1. The molecule has 0 radical (unpaired) electrons. The number of hydrogen-bond acceptors (Lipinski definition) is 3. The molecule has 0 fully saturated rings. The van der Waals surface area contributed by atoms with Gasteiger partial charge in [-0.2, -0.15) is 0 Å². The fraction of sp³-hybridized carbons (Fsp3) is 0.214. The second-order valence-corrected chi connectivity index (χ2v) is 4.92. The molecule has 21 heavy (non-hydrogen) atoms. The van der Waals surface area contributed by atoms with Gasteiger partial charge in [-0.25, -0.2) is 9.59 Å². The molecule has 0 aliphatic carbocycles. The van der Waals surface area contributed by atoms with E-state index in [1.54, 1.807) is 0 Å². The standard InChI is InChI=1S/C14H13N3O4/c18-12(10-6-15-14(21)16-10)17-7-9-4-2-1-3-8(9)5-11(17)13(19)20/h1-4,6,11H,5,7H2,(H,19,20)(H2,15,16,21)/t11-/m0/s1. The van der Waals surface area contributed by atoms with E-state index in [1.807, 2.05) is 24.3 Å². The summed E-state index contributed by atoms with van der Waals surface area (Å²) >= 11 is 0. The third-order valence-electron chi connectivity index (χ3n) is 3.62. The lowest BCUT2D eigenvalue weighted by Crippen LogP contribution is -2.48. The monoisotopic (exact) mass is 287 g/mol. The molecule has 0 unspecified atom stereocenters. The van der Waals surface area contributed by atoms with Gasteiger partial charge in [-0.3, -0.25) is 4.79 Å². The molecule has 0 saturated carbocycles. The maximum absolute atomic E-state index is 12.4. The number of benzene rings is 1. The average molecular weight is 287 g/mol. The van der Waals surface area contributed by atoms with E-state index in [-0.39, 0.29) is 18.7 Å². The summed E-state index contributed by atoms with van der Waals surface area (Å²) in [5.41, 5.74) is 1.41. The second kappa shape index (κ2) is 4.93. The second-order valence-electron chi connectivity index (χ2n) is 4.92. The Bertz CT molecular complexity index is 761. The van der Waals surface area contributed by atoms with Crippen molar-refractivity contribution in [1.82, 2.24) is 14.9 Å². The van der Waals surface area contributed by atoms with Crippen LogP contribution in [0.15, 0.2) is 35.3 Å². The van der Waals surface area contributed by atoms with Gasteiger partial charge in [0.1, 0.15) is 11.7 Å². The van der Waals surface area contributed by atoms with E-state index < -0.39 is 23.6 Å². The third kappa shape index (κ3) is 2.33. The molecule has 1 atom stereocenters. The summed E-state index contributed by atoms with van der Waals surface area (Å²) in [5, 5.41) is 9.36. The van der Waals surface area contributed by atoms with Gasteiger partial charge in [-0.15, -0.1) is 0 Å². The molecule has 3 rings (SSSR count). The Labute approximate surface area is 119 Å². The van der Waals surface area contributed by atoms with E-state index in [0.29, 0.717) is 0 Å². The summed E-state index contributed by atoms with van der Waals surface area (Å²) < 4.78 is 0. The van der Waals surface area contributed by atoms with E-state index in [1.165, 1.54) is 11.1 Å². The lowest BCUT2D eigenvalue weighted by atomic mass is 9.94. The number of amides is 1. The van der Waals surface area contributed by atoms with Gasteiger partial charge in [-0.05, 0) is 11.1 Å². The number of fused-ring (bicyclic) bond motifs is 1. The number of imidazole rings is 1. The van der Waals surface area contributed by atoms with Crippen LogP contribution in [0.25, 0.3) is 0 Å². The normalized spacial score (nSPS) is 17.3. The highest BCUT2D eigenvalue weighted by molar-refractivity contribution is 5.95. The Balaban J connectivity index is 1.98. The molecule has 1 aliphatic heterocycles. The van der Waals surface area contributed by atoms with Crippen molar-refractivity contribution in [3.05, 3.63) is 57.8 Å². The molecule has 0 bridgehead atoms. The zero-order chi connectivity index (χ0) is 15.0. The third-order valence-corrected chi connectivity index (χ3v) is 3.62. The number of carbonyl (C=O) groups is 2. The molecule has 7 heteroatoms. The van der Waals surface area contributed by atoms with Crippen LogP contribution in [0.5, 0.6) is 0 Å². The molecular weight excluding hydrogens is 274 g/mol. The minimum Gasteiger partial charge on any atom is -0.480 e. The zero-order valence-electron chi connectivity index (χ0n) is 11.0. The molecular formula is C14H13N3O4. The van der Waals surface area contributed by atoms with Crippen LogP contribution in [0.3, 0.4) is 0 Å². The first-order chi connectivity index (χ1) is 10.1. The van der Waals surface area contributed by atoms with Crippen LogP contribution in [0.4, 0.5) is 0 Å². The van der Waals surface area contributed by atoms with Crippen LogP contribution < -0.4 is 5.69 Å². The van der Waals surface area contributed by atoms with Crippen molar-refractivity contribution in [3.63, 3.8) is 0 Å². The highest BCUT2D eigenvalue weighted by Crippen LogP contribution is 2.24. The smallest absolute Gasteiger partial charge is 0.326 e. The van der Waals surface area contributed by atoms with Gasteiger partial charge in [0.25, 0.3) is 5.91 Å². The summed E-state index contributed by atoms with van der Waals surface area (Å²) in [5.74, 6) is -1.56. The van der Waals surface area contributed by atoms with Crippen molar-refractivity contribution in [3.8, 4) is 0 Å². The van der Waals surface area contributed by atoms with Gasteiger partial charge in [0.05, 0.1) is 0 Å². The molecule has 1 amide bonds. The topological polar surface area (TPSA) is 106 Å². The molecule has 2 aromatic rings. The number of nitrogens with zero attached hydrogens (tertiary/aromatic N) is 1. The van der Waals surface area contributed by atoms with Crippen molar-refractivity contribution in [2.24, 2.45) is 0 Å². The summed E-state index contributed by atoms with van der Waals surface area (Å²) in [6.07, 6.45) is 1.51. The van der Waals surface area contributed by atoms with Gasteiger partial charge in [-0.1, -0.05) is 24.3 Å². The molecule has 7 nitrogen and oxygen atoms in total. The van der Waals surface area contributed by atoms with Crippen LogP contribution in [-0.4, -0.2) is 37.9 Å². The van der Waals surface area contributed by atoms with E-state index >= 15 is 0 Å². The van der Waals surface area contributed by atoms with E-state index in [2.05, 4.69) is 9.97 Å². The van der Waals surface area contributed by atoms with Crippen molar-refractivity contribution in [2.45, 2.75) is 19.0 Å². The number of aromatic amines is 2. The first-order valence-corrected chi connectivity index (χ1v) is 6.44. The largest absolute Gasteiger partial charge is 0.480 e. The molecule has 1 aliphatic rings. The first kappa shape index (κ1) is 13.2. The lowest BCUT2D eigenvalue weighted by molar-refractivity contribution is -0.142. The SMILES string of the molecule is O=C(O)[C@@H]1Cc2ccccc2CN1C(=O)c1c[nH]c(=O)[nH]1. The minimum absolute atomic E-state index is 0.0608. The predicted octanol–water partition coefficient (Wildman–Crippen LogP) is 0.355. The van der Waals surface area contributed by atoms with Crippen LogP contribution >= 0.6 is 0 Å². The molecule has 0 saturated heterocycles. The lowest BCUT2D eigenvalue weighted by Gasteiger charge is -2.34. The van der Waals surface area contributed by atoms with Crippen molar-refractivity contribution >= 4 is 11.9 Å². The van der Waals surface area contributed by atoms with Gasteiger partial charge < -0.3 is 20.0 Å². The Kier molecular flexibility index (Phi) is 3.09. The van der Waals surface area contributed by atoms with Crippen LogP contribution in [-0.2, 0) is 17.8 Å². The summed E-state index contributed by atoms with van der Waals surface area (Å²) in [6, 6.07) is 6.49. The van der Waals surface area contributed by atoms with Crippen molar-refractivity contribution < 1.29 is 14.7 Å². The van der Waals surface area contributed by atoms with Gasteiger partial charge >= 0.3 is 11.7 Å². The maximum atomic E-state index is 12.4. The molecule has 3 N–H and O–H groups in total. The van der Waals surface area contributed by atoms with Gasteiger partial charge in [0.2, 0.25) is 0 Å². The number of rotatable bonds is 2. The van der Waals surface area contributed by atoms with Crippen LogP contribution in [0.2, 0.25) is 0 Å².